The molecule has 0 aliphatic heterocycles. The van der Waals surface area contributed by atoms with Crippen LogP contribution in [0.2, 0.25) is 0 Å². The van der Waals surface area contributed by atoms with Gasteiger partial charge in [-0.05, 0) is 57.4 Å². The summed E-state index contributed by atoms with van der Waals surface area (Å²) < 4.78 is 11.0. The van der Waals surface area contributed by atoms with Crippen LogP contribution in [0, 0.1) is 27.7 Å². The molecule has 0 saturated heterocycles. The topological polar surface area (TPSA) is 94.4 Å². The number of hydrogen-bond acceptors (Lipinski definition) is 7. The molecule has 0 aliphatic rings. The number of ether oxygens (including phenoxy) is 2. The van der Waals surface area contributed by atoms with Crippen molar-refractivity contribution in [2.45, 2.75) is 73.1 Å². The number of phenolic OH excluding ortho intramolecular Hbond substituents is 1. The van der Waals surface area contributed by atoms with Crippen molar-refractivity contribution in [1.29, 1.82) is 0 Å². The van der Waals surface area contributed by atoms with Crippen LogP contribution in [0.15, 0.2) is 54.6 Å². The zero-order chi connectivity index (χ0) is 30.1. The number of aromatic hydroxyl groups is 1. The summed E-state index contributed by atoms with van der Waals surface area (Å²) in [6.07, 6.45) is 5.85. The van der Waals surface area contributed by atoms with Gasteiger partial charge in [0, 0.05) is 23.6 Å². The van der Waals surface area contributed by atoms with Crippen molar-refractivity contribution < 1.29 is 19.4 Å². The number of aromatic nitrogens is 3. The molecule has 1 N–H and O–H groups in total. The van der Waals surface area contributed by atoms with Crippen molar-refractivity contribution in [3.63, 3.8) is 0 Å². The van der Waals surface area contributed by atoms with E-state index in [2.05, 4.69) is 32.9 Å². The Balaban J connectivity index is 1.52. The van der Waals surface area contributed by atoms with Crippen molar-refractivity contribution in [2.24, 2.45) is 0 Å². The summed E-state index contributed by atoms with van der Waals surface area (Å²) in [5.74, 6) is 1.69. The first-order valence-electron chi connectivity index (χ1n) is 14.8. The molecule has 0 bridgehead atoms. The fourth-order valence-electron chi connectivity index (χ4n) is 4.92. The molecule has 42 heavy (non-hydrogen) atoms. The van der Waals surface area contributed by atoms with Gasteiger partial charge in [0.2, 0.25) is 0 Å². The van der Waals surface area contributed by atoms with Crippen LogP contribution in [0.25, 0.3) is 34.2 Å². The van der Waals surface area contributed by atoms with Crippen molar-refractivity contribution in [3.8, 4) is 45.7 Å². The zero-order valence-electron chi connectivity index (χ0n) is 25.4. The number of esters is 1. The number of hydrogen-bond donors (Lipinski definition) is 1. The van der Waals surface area contributed by atoms with Gasteiger partial charge >= 0.3 is 5.97 Å². The molecule has 0 radical (unpaired) electrons. The highest BCUT2D eigenvalue weighted by molar-refractivity contribution is 5.72. The largest absolute Gasteiger partial charge is 0.507 e. The summed E-state index contributed by atoms with van der Waals surface area (Å²) in [7, 11) is 0. The number of nitrogens with zero attached hydrogens (tertiary/aromatic N) is 3. The SMILES string of the molecule is CCCCCCCC(=O)OCCOc1ccc(-c2nc(-c3ccc(C)cc3C)nc(-c3ccc(C)cc3C)n2)c(O)c1. The first kappa shape index (κ1) is 30.7. The van der Waals surface area contributed by atoms with Crippen LogP contribution in [0.3, 0.4) is 0 Å². The number of carbonyl (C=O) groups is 1. The number of carbonyl (C=O) groups excluding carboxylic acids is 1. The minimum absolute atomic E-state index is 0.0130. The highest BCUT2D eigenvalue weighted by Crippen LogP contribution is 2.34. The number of phenols is 1. The van der Waals surface area contributed by atoms with Crippen LogP contribution in [-0.2, 0) is 9.53 Å². The van der Waals surface area contributed by atoms with Gasteiger partial charge in [0.15, 0.2) is 17.5 Å². The van der Waals surface area contributed by atoms with Crippen LogP contribution >= 0.6 is 0 Å². The molecule has 7 heteroatoms. The number of benzene rings is 3. The van der Waals surface area contributed by atoms with Gasteiger partial charge < -0.3 is 14.6 Å². The highest BCUT2D eigenvalue weighted by atomic mass is 16.6. The van der Waals surface area contributed by atoms with E-state index in [-0.39, 0.29) is 24.9 Å². The quantitative estimate of drug-likeness (QED) is 0.129. The van der Waals surface area contributed by atoms with E-state index >= 15 is 0 Å². The van der Waals surface area contributed by atoms with Gasteiger partial charge in [-0.3, -0.25) is 4.79 Å². The number of rotatable bonds is 13. The van der Waals surface area contributed by atoms with Crippen molar-refractivity contribution >= 4 is 5.97 Å². The number of unbranched alkanes of at least 4 members (excludes halogenated alkanes) is 4. The van der Waals surface area contributed by atoms with E-state index in [1.54, 1.807) is 12.1 Å². The van der Waals surface area contributed by atoms with Gasteiger partial charge in [-0.2, -0.15) is 0 Å². The summed E-state index contributed by atoms with van der Waals surface area (Å²) in [5.41, 5.74) is 6.72. The third-order valence-electron chi connectivity index (χ3n) is 7.19. The maximum atomic E-state index is 11.9. The van der Waals surface area contributed by atoms with Gasteiger partial charge in [0.05, 0.1) is 5.56 Å². The Hall–Kier alpha value is -4.26. The first-order chi connectivity index (χ1) is 20.2. The van der Waals surface area contributed by atoms with Crippen LogP contribution in [0.5, 0.6) is 11.5 Å². The van der Waals surface area contributed by atoms with Gasteiger partial charge in [-0.25, -0.2) is 15.0 Å². The van der Waals surface area contributed by atoms with Crippen LogP contribution in [-0.4, -0.2) is 39.2 Å². The summed E-state index contributed by atoms with van der Waals surface area (Å²) in [6.45, 7) is 10.7. The zero-order valence-corrected chi connectivity index (χ0v) is 25.4. The maximum Gasteiger partial charge on any atom is 0.305 e. The van der Waals surface area contributed by atoms with E-state index in [0.717, 1.165) is 52.6 Å². The molecule has 220 valence electrons. The lowest BCUT2D eigenvalue weighted by Crippen LogP contribution is -2.12. The van der Waals surface area contributed by atoms with Gasteiger partial charge in [0.1, 0.15) is 24.7 Å². The van der Waals surface area contributed by atoms with E-state index < -0.39 is 0 Å². The minimum atomic E-state index is -0.206. The Kier molecular flexibility index (Phi) is 10.7. The third-order valence-corrected chi connectivity index (χ3v) is 7.19. The molecular weight excluding hydrogens is 526 g/mol. The first-order valence-corrected chi connectivity index (χ1v) is 14.8. The maximum absolute atomic E-state index is 11.9. The lowest BCUT2D eigenvalue weighted by Gasteiger charge is -2.13. The molecule has 0 fully saturated rings. The summed E-state index contributed by atoms with van der Waals surface area (Å²) in [5, 5.41) is 11.0. The lowest BCUT2D eigenvalue weighted by atomic mass is 10.0. The van der Waals surface area contributed by atoms with Gasteiger partial charge in [-0.1, -0.05) is 80.1 Å². The number of aryl methyl sites for hydroxylation is 4. The summed E-state index contributed by atoms with van der Waals surface area (Å²) in [4.78, 5) is 26.4. The summed E-state index contributed by atoms with van der Waals surface area (Å²) in [6, 6.07) is 17.3. The molecule has 0 unspecified atom stereocenters. The smallest absolute Gasteiger partial charge is 0.305 e. The van der Waals surface area contributed by atoms with E-state index in [0.29, 0.717) is 35.2 Å². The molecule has 1 aromatic heterocycles. The Labute approximate surface area is 249 Å². The second-order valence-corrected chi connectivity index (χ2v) is 10.9. The van der Waals surface area contributed by atoms with Gasteiger partial charge in [-0.15, -0.1) is 0 Å². The van der Waals surface area contributed by atoms with E-state index in [1.165, 1.54) is 18.9 Å². The predicted molar refractivity (Wildman–Crippen MR) is 167 cm³/mol. The monoisotopic (exact) mass is 567 g/mol. The Bertz CT molecular complexity index is 1460. The summed E-state index contributed by atoms with van der Waals surface area (Å²) >= 11 is 0. The molecule has 4 rings (SSSR count). The average Bonchev–Trinajstić information content (AvgIpc) is 2.95. The molecular formula is C35H41N3O4. The normalized spacial score (nSPS) is 11.0. The molecule has 3 aromatic carbocycles. The fourth-order valence-corrected chi connectivity index (χ4v) is 4.92. The van der Waals surface area contributed by atoms with Crippen LogP contribution in [0.4, 0.5) is 0 Å². The Morgan fingerprint density at radius 1 is 0.690 bits per heavy atom. The molecule has 0 spiro atoms. The van der Waals surface area contributed by atoms with Crippen LogP contribution in [0.1, 0.15) is 67.7 Å². The molecule has 4 aromatic rings. The minimum Gasteiger partial charge on any atom is -0.507 e. The lowest BCUT2D eigenvalue weighted by molar-refractivity contribution is -0.144. The molecule has 1 heterocycles. The van der Waals surface area contributed by atoms with Crippen LogP contribution < -0.4 is 4.74 Å². The van der Waals surface area contributed by atoms with Crippen molar-refractivity contribution in [1.82, 2.24) is 15.0 Å². The van der Waals surface area contributed by atoms with Crippen molar-refractivity contribution in [2.75, 3.05) is 13.2 Å². The molecule has 7 nitrogen and oxygen atoms in total. The highest BCUT2D eigenvalue weighted by Gasteiger charge is 2.17. The molecule has 0 aliphatic carbocycles. The molecule has 0 amide bonds. The third kappa shape index (κ3) is 8.15. The van der Waals surface area contributed by atoms with E-state index in [4.69, 9.17) is 24.4 Å². The standard InChI is InChI=1S/C35H41N3O4/c1-6-7-8-9-10-11-32(40)42-19-18-41-27-14-17-30(31(39)22-27)35-37-33(28-15-12-23(2)20-25(28)4)36-34(38-35)29-16-13-24(3)21-26(29)5/h12-17,20-22,39H,6-11,18-19H2,1-5H3. The van der Waals surface area contributed by atoms with Gasteiger partial charge in [0.25, 0.3) is 0 Å². The Morgan fingerprint density at radius 3 is 1.79 bits per heavy atom. The second kappa shape index (κ2) is 14.6. The average molecular weight is 568 g/mol. The predicted octanol–water partition coefficient (Wildman–Crippen LogP) is 8.09. The molecule has 0 saturated carbocycles. The second-order valence-electron chi connectivity index (χ2n) is 10.9. The Morgan fingerprint density at radius 2 is 1.24 bits per heavy atom. The van der Waals surface area contributed by atoms with Crippen molar-refractivity contribution in [3.05, 3.63) is 76.9 Å². The van der Waals surface area contributed by atoms with E-state index in [9.17, 15) is 9.90 Å². The fraction of sp³-hybridized carbons (Fsp3) is 0.371. The van der Waals surface area contributed by atoms with E-state index in [1.807, 2.05) is 38.1 Å². The molecule has 0 atom stereocenters.